The van der Waals surface area contributed by atoms with Gasteiger partial charge in [0.25, 0.3) is 0 Å². The quantitative estimate of drug-likeness (QED) is 0.293. The standard InChI is InChI=1S/C27H33F2N7O4/c1-3-7-34(8-10-37)9-11-40-24-13-21-19(12-23(24)39-2)27(33-18-14-32-35(15-18)16-25(30)38)36(17-31-21)22-6-4-5-20(28)26(22)29/h4-6,12-15,31,37H,3,7-11,16-17H2,1-2H3,(H2,30,38). The highest BCUT2D eigenvalue weighted by Crippen LogP contribution is 2.38. The number of benzene rings is 2. The minimum absolute atomic E-state index is 0.0133. The van der Waals surface area contributed by atoms with Gasteiger partial charge in [0, 0.05) is 24.7 Å². The zero-order chi connectivity index (χ0) is 28.6. The number of methoxy groups -OCH3 is 1. The number of nitrogens with zero attached hydrogens (tertiary/aromatic N) is 5. The number of nitrogens with one attached hydrogen (secondary N) is 1. The zero-order valence-corrected chi connectivity index (χ0v) is 22.4. The predicted octanol–water partition coefficient (Wildman–Crippen LogP) is 2.71. The van der Waals surface area contributed by atoms with E-state index in [1.165, 1.54) is 41.2 Å². The van der Waals surface area contributed by atoms with Crippen molar-refractivity contribution in [3.8, 4) is 11.5 Å². The van der Waals surface area contributed by atoms with Gasteiger partial charge in [-0.05, 0) is 31.2 Å². The Kier molecular flexibility index (Phi) is 9.51. The van der Waals surface area contributed by atoms with Crippen LogP contribution >= 0.6 is 0 Å². The Bertz CT molecular complexity index is 1360. The van der Waals surface area contributed by atoms with Crippen molar-refractivity contribution in [2.24, 2.45) is 10.7 Å². The number of hydrogen-bond donors (Lipinski definition) is 3. The third kappa shape index (κ3) is 6.66. The van der Waals surface area contributed by atoms with Gasteiger partial charge in [0.1, 0.15) is 24.7 Å². The van der Waals surface area contributed by atoms with Crippen molar-refractivity contribution in [3.63, 3.8) is 0 Å². The molecule has 0 bridgehead atoms. The number of ether oxygens (including phenoxy) is 2. The maximum atomic E-state index is 14.9. The molecule has 13 heteroatoms. The summed E-state index contributed by atoms with van der Waals surface area (Å²) in [5.74, 6) is -1.35. The van der Waals surface area contributed by atoms with E-state index in [0.717, 1.165) is 19.0 Å². The predicted molar refractivity (Wildman–Crippen MR) is 147 cm³/mol. The third-order valence-electron chi connectivity index (χ3n) is 6.24. The molecule has 1 amide bonds. The van der Waals surface area contributed by atoms with Crippen LogP contribution in [0.4, 0.5) is 25.8 Å². The molecule has 4 rings (SSSR count). The fraction of sp³-hybridized carbons (Fsp3) is 0.370. The second-order valence-corrected chi connectivity index (χ2v) is 9.10. The van der Waals surface area contributed by atoms with E-state index in [2.05, 4.69) is 22.2 Å². The van der Waals surface area contributed by atoms with Gasteiger partial charge in [-0.25, -0.2) is 13.8 Å². The van der Waals surface area contributed by atoms with Crippen LogP contribution in [0.2, 0.25) is 0 Å². The Labute approximate surface area is 230 Å². The molecule has 0 aliphatic carbocycles. The summed E-state index contributed by atoms with van der Waals surface area (Å²) in [5, 5.41) is 16.6. The van der Waals surface area contributed by atoms with E-state index in [4.69, 9.17) is 20.2 Å². The molecule has 0 unspecified atom stereocenters. The number of aliphatic hydroxyl groups is 1. The van der Waals surface area contributed by atoms with Gasteiger partial charge < -0.3 is 30.5 Å². The number of primary amides is 1. The van der Waals surface area contributed by atoms with Gasteiger partial charge in [0.15, 0.2) is 23.1 Å². The molecule has 3 aromatic rings. The van der Waals surface area contributed by atoms with Gasteiger partial charge in [-0.3, -0.25) is 14.4 Å². The van der Waals surface area contributed by atoms with Crippen LogP contribution in [0.1, 0.15) is 18.9 Å². The molecule has 2 aromatic carbocycles. The molecule has 214 valence electrons. The summed E-state index contributed by atoms with van der Waals surface area (Å²) in [6.45, 7) is 4.48. The minimum atomic E-state index is -1.02. The second-order valence-electron chi connectivity index (χ2n) is 9.10. The summed E-state index contributed by atoms with van der Waals surface area (Å²) in [5.41, 5.74) is 6.83. The van der Waals surface area contributed by atoms with Crippen LogP contribution in [0, 0.1) is 11.6 Å². The summed E-state index contributed by atoms with van der Waals surface area (Å²) in [7, 11) is 1.51. The molecule has 0 fully saturated rings. The number of fused-ring (bicyclic) bond motifs is 1. The molecule has 40 heavy (non-hydrogen) atoms. The van der Waals surface area contributed by atoms with Crippen LogP contribution in [0.25, 0.3) is 0 Å². The van der Waals surface area contributed by atoms with Gasteiger partial charge in [0.2, 0.25) is 5.91 Å². The number of hydrogen-bond acceptors (Lipinski definition) is 8. The van der Waals surface area contributed by atoms with Crippen LogP contribution in [0.5, 0.6) is 11.5 Å². The molecule has 1 aliphatic rings. The van der Waals surface area contributed by atoms with E-state index in [-0.39, 0.29) is 25.5 Å². The van der Waals surface area contributed by atoms with E-state index >= 15 is 0 Å². The van der Waals surface area contributed by atoms with Crippen molar-refractivity contribution in [3.05, 3.63) is 59.9 Å². The topological polar surface area (TPSA) is 130 Å². The number of aliphatic hydroxyl groups excluding tert-OH is 1. The first-order valence-electron chi connectivity index (χ1n) is 12.9. The highest BCUT2D eigenvalue weighted by molar-refractivity contribution is 6.16. The summed E-state index contributed by atoms with van der Waals surface area (Å²) in [4.78, 5) is 19.6. The van der Waals surface area contributed by atoms with E-state index in [0.29, 0.717) is 54.0 Å². The Hall–Kier alpha value is -4.23. The van der Waals surface area contributed by atoms with Crippen molar-refractivity contribution in [2.45, 2.75) is 19.9 Å². The van der Waals surface area contributed by atoms with Crippen molar-refractivity contribution >= 4 is 28.8 Å². The molecule has 0 saturated heterocycles. The smallest absolute Gasteiger partial charge is 0.239 e. The lowest BCUT2D eigenvalue weighted by Gasteiger charge is -2.33. The first-order chi connectivity index (χ1) is 19.3. The molecular formula is C27H33F2N7O4. The van der Waals surface area contributed by atoms with Gasteiger partial charge in [-0.15, -0.1) is 0 Å². The van der Waals surface area contributed by atoms with E-state index in [1.807, 2.05) is 0 Å². The number of nitrogens with two attached hydrogens (primary N) is 1. The molecule has 2 heterocycles. The molecule has 0 saturated carbocycles. The largest absolute Gasteiger partial charge is 0.493 e. The lowest BCUT2D eigenvalue weighted by Crippen LogP contribution is -2.41. The van der Waals surface area contributed by atoms with E-state index < -0.39 is 17.5 Å². The van der Waals surface area contributed by atoms with Crippen molar-refractivity contribution in [2.75, 3.05) is 56.8 Å². The molecule has 11 nitrogen and oxygen atoms in total. The van der Waals surface area contributed by atoms with Gasteiger partial charge >= 0.3 is 0 Å². The Balaban J connectivity index is 1.71. The number of amidine groups is 1. The van der Waals surface area contributed by atoms with E-state index in [9.17, 15) is 18.7 Å². The molecule has 1 aromatic heterocycles. The van der Waals surface area contributed by atoms with Crippen LogP contribution in [-0.4, -0.2) is 78.2 Å². The van der Waals surface area contributed by atoms with Crippen molar-refractivity contribution in [1.82, 2.24) is 14.7 Å². The maximum absolute atomic E-state index is 14.9. The van der Waals surface area contributed by atoms with E-state index in [1.54, 1.807) is 12.1 Å². The molecule has 0 atom stereocenters. The summed E-state index contributed by atoms with van der Waals surface area (Å²) >= 11 is 0. The summed E-state index contributed by atoms with van der Waals surface area (Å²) in [6, 6.07) is 7.41. The first-order valence-corrected chi connectivity index (χ1v) is 12.9. The van der Waals surface area contributed by atoms with Crippen LogP contribution < -0.4 is 25.4 Å². The Morgan fingerprint density at radius 2 is 2.08 bits per heavy atom. The fourth-order valence-corrected chi connectivity index (χ4v) is 4.43. The Morgan fingerprint density at radius 3 is 2.80 bits per heavy atom. The lowest BCUT2D eigenvalue weighted by atomic mass is 10.1. The highest BCUT2D eigenvalue weighted by atomic mass is 19.2. The highest BCUT2D eigenvalue weighted by Gasteiger charge is 2.29. The van der Waals surface area contributed by atoms with Gasteiger partial charge in [-0.2, -0.15) is 5.10 Å². The number of halogens is 2. The SMILES string of the molecule is CCCN(CCO)CCOc1cc2c(cc1OC)C(=Nc1cnn(CC(N)=O)c1)N(c1cccc(F)c1F)CN2. The maximum Gasteiger partial charge on any atom is 0.239 e. The van der Waals surface area contributed by atoms with Gasteiger partial charge in [-0.1, -0.05) is 13.0 Å². The molecule has 0 spiro atoms. The Morgan fingerprint density at radius 1 is 1.25 bits per heavy atom. The number of carbonyl (C=O) groups is 1. The number of aromatic nitrogens is 2. The fourth-order valence-electron chi connectivity index (χ4n) is 4.43. The number of rotatable bonds is 13. The van der Waals surface area contributed by atoms with Crippen LogP contribution in [0.3, 0.4) is 0 Å². The molecule has 1 aliphatic heterocycles. The lowest BCUT2D eigenvalue weighted by molar-refractivity contribution is -0.118. The normalized spacial score (nSPS) is 13.8. The number of anilines is 2. The monoisotopic (exact) mass is 557 g/mol. The first kappa shape index (κ1) is 28.8. The number of amides is 1. The average molecular weight is 558 g/mol. The van der Waals surface area contributed by atoms with Crippen LogP contribution in [-0.2, 0) is 11.3 Å². The summed E-state index contributed by atoms with van der Waals surface area (Å²) < 4.78 is 42.1. The second kappa shape index (κ2) is 13.2. The zero-order valence-electron chi connectivity index (χ0n) is 22.4. The van der Waals surface area contributed by atoms with Gasteiger partial charge in [0.05, 0.1) is 44.2 Å². The van der Waals surface area contributed by atoms with Crippen LogP contribution in [0.15, 0.2) is 47.7 Å². The molecular weight excluding hydrogens is 524 g/mol. The number of aliphatic imine (C=N–C) groups is 1. The molecule has 4 N–H and O–H groups in total. The minimum Gasteiger partial charge on any atom is -0.493 e. The van der Waals surface area contributed by atoms with Crippen molar-refractivity contribution < 1.29 is 28.2 Å². The summed E-state index contributed by atoms with van der Waals surface area (Å²) in [6.07, 6.45) is 3.93. The molecule has 0 radical (unpaired) electrons. The third-order valence-corrected chi connectivity index (χ3v) is 6.24. The average Bonchev–Trinajstić information content (AvgIpc) is 3.36. The van der Waals surface area contributed by atoms with Crippen molar-refractivity contribution in [1.29, 1.82) is 0 Å². The number of carbonyl (C=O) groups excluding carboxylic acids is 1.